The maximum atomic E-state index is 6.18. The molecule has 0 N–H and O–H groups in total. The Morgan fingerprint density at radius 2 is 1.05 bits per heavy atom. The molecule has 3 aromatic heterocycles. The highest BCUT2D eigenvalue weighted by atomic mass is 16.3. The van der Waals surface area contributed by atoms with E-state index in [1.54, 1.807) is 0 Å². The SMILES string of the molecule is CC1(C)CCC(C)(C)c2cc3c(cc21)c1ccccc1n3-c1cccc(-c2nc(-c3ccc4ccccc4c3)nc(-c3ccc4oc5ccccc5c4c3)n2)c1. The highest BCUT2D eigenvalue weighted by Crippen LogP contribution is 2.48. The van der Waals surface area contributed by atoms with Crippen LogP contribution in [-0.2, 0) is 10.8 Å². The van der Waals surface area contributed by atoms with E-state index >= 15 is 0 Å². The van der Waals surface area contributed by atoms with E-state index in [0.29, 0.717) is 17.5 Å². The molecule has 1 aliphatic carbocycles. The minimum Gasteiger partial charge on any atom is -0.456 e. The van der Waals surface area contributed by atoms with Crippen LogP contribution < -0.4 is 0 Å². The Balaban J connectivity index is 1.12. The first-order valence-corrected chi connectivity index (χ1v) is 19.6. The van der Waals surface area contributed by atoms with Gasteiger partial charge in [0, 0.05) is 43.9 Å². The number of para-hydroxylation sites is 2. The molecule has 0 atom stereocenters. The van der Waals surface area contributed by atoms with Gasteiger partial charge in [-0.1, -0.05) is 113 Å². The monoisotopic (exact) mass is 724 g/mol. The smallest absolute Gasteiger partial charge is 0.164 e. The lowest BCUT2D eigenvalue weighted by Gasteiger charge is -2.42. The van der Waals surface area contributed by atoms with E-state index in [1.807, 2.05) is 30.3 Å². The van der Waals surface area contributed by atoms with Crippen molar-refractivity contribution >= 4 is 54.5 Å². The van der Waals surface area contributed by atoms with Gasteiger partial charge in [0.2, 0.25) is 0 Å². The summed E-state index contributed by atoms with van der Waals surface area (Å²) in [6, 6.07) is 51.6. The molecule has 1 aliphatic rings. The second-order valence-electron chi connectivity index (χ2n) is 16.8. The van der Waals surface area contributed by atoms with Crippen molar-refractivity contribution in [3.63, 3.8) is 0 Å². The molecule has 5 heteroatoms. The fraction of sp³-hybridized carbons (Fsp3) is 0.157. The summed E-state index contributed by atoms with van der Waals surface area (Å²) < 4.78 is 8.60. The number of rotatable bonds is 4. The Morgan fingerprint density at radius 3 is 1.84 bits per heavy atom. The fourth-order valence-corrected chi connectivity index (χ4v) is 9.05. The van der Waals surface area contributed by atoms with Gasteiger partial charge in [-0.25, -0.2) is 15.0 Å². The number of aromatic nitrogens is 4. The summed E-state index contributed by atoms with van der Waals surface area (Å²) in [7, 11) is 0. The van der Waals surface area contributed by atoms with Gasteiger partial charge in [0.05, 0.1) is 11.0 Å². The van der Waals surface area contributed by atoms with Crippen LogP contribution in [0, 0.1) is 0 Å². The van der Waals surface area contributed by atoms with Gasteiger partial charge in [0.15, 0.2) is 17.5 Å². The molecule has 0 radical (unpaired) electrons. The summed E-state index contributed by atoms with van der Waals surface area (Å²) in [6.45, 7) is 9.61. The summed E-state index contributed by atoms with van der Waals surface area (Å²) >= 11 is 0. The second-order valence-corrected chi connectivity index (χ2v) is 16.8. The normalized spacial score (nSPS) is 14.9. The molecule has 5 nitrogen and oxygen atoms in total. The lowest BCUT2D eigenvalue weighted by molar-refractivity contribution is 0.332. The van der Waals surface area contributed by atoms with Crippen LogP contribution in [0.1, 0.15) is 51.7 Å². The quantitative estimate of drug-likeness (QED) is 0.181. The topological polar surface area (TPSA) is 56.7 Å². The van der Waals surface area contributed by atoms with Crippen LogP contribution in [0.2, 0.25) is 0 Å². The highest BCUT2D eigenvalue weighted by Gasteiger charge is 2.38. The van der Waals surface area contributed by atoms with E-state index in [9.17, 15) is 0 Å². The van der Waals surface area contributed by atoms with Crippen molar-refractivity contribution in [3.8, 4) is 39.9 Å². The molecule has 0 unspecified atom stereocenters. The van der Waals surface area contributed by atoms with E-state index in [4.69, 9.17) is 19.4 Å². The van der Waals surface area contributed by atoms with Crippen LogP contribution >= 0.6 is 0 Å². The predicted octanol–water partition coefficient (Wildman–Crippen LogP) is 13.4. The molecular weight excluding hydrogens is 685 g/mol. The van der Waals surface area contributed by atoms with Crippen molar-refractivity contribution in [3.05, 3.63) is 157 Å². The minimum atomic E-state index is 0.0916. The van der Waals surface area contributed by atoms with Gasteiger partial charge in [-0.3, -0.25) is 0 Å². The fourth-order valence-electron chi connectivity index (χ4n) is 9.05. The first-order valence-electron chi connectivity index (χ1n) is 19.6. The van der Waals surface area contributed by atoms with Gasteiger partial charge in [0.1, 0.15) is 11.2 Å². The molecule has 0 fully saturated rings. The Bertz CT molecular complexity index is 3220. The number of furan rings is 1. The molecule has 0 aliphatic heterocycles. The van der Waals surface area contributed by atoms with E-state index in [-0.39, 0.29) is 10.8 Å². The zero-order valence-corrected chi connectivity index (χ0v) is 32.0. The molecule has 3 heterocycles. The maximum absolute atomic E-state index is 6.18. The average molecular weight is 725 g/mol. The van der Waals surface area contributed by atoms with Gasteiger partial charge in [-0.15, -0.1) is 0 Å². The zero-order valence-electron chi connectivity index (χ0n) is 32.0. The molecule has 0 saturated heterocycles. The first-order chi connectivity index (χ1) is 27.2. The molecule has 7 aromatic carbocycles. The van der Waals surface area contributed by atoms with Crippen LogP contribution in [0.4, 0.5) is 0 Å². The van der Waals surface area contributed by atoms with Gasteiger partial charge in [0.25, 0.3) is 0 Å². The highest BCUT2D eigenvalue weighted by molar-refractivity contribution is 6.10. The van der Waals surface area contributed by atoms with E-state index in [1.165, 1.54) is 51.2 Å². The summed E-state index contributed by atoms with van der Waals surface area (Å²) in [5.41, 5.74) is 11.1. The molecular formula is C51H40N4O. The standard InChI is InChI=1S/C51H40N4O/c1-50(2)24-25-51(3,4)42-30-44-39(29-41(42)50)37-16-7-9-18-43(37)55(44)36-15-11-14-33(27-36)47-52-48(34-21-20-31-12-5-6-13-32(31)26-34)54-49(53-47)35-22-23-46-40(28-35)38-17-8-10-19-45(38)56-46/h5-23,26-30H,24-25H2,1-4H3. The van der Waals surface area contributed by atoms with Gasteiger partial charge in [-0.05, 0) is 106 Å². The van der Waals surface area contributed by atoms with Crippen LogP contribution in [0.25, 0.3) is 94.4 Å². The maximum Gasteiger partial charge on any atom is 0.164 e. The van der Waals surface area contributed by atoms with Crippen molar-refractivity contribution < 1.29 is 4.42 Å². The van der Waals surface area contributed by atoms with E-state index < -0.39 is 0 Å². The number of hydrogen-bond acceptors (Lipinski definition) is 4. The van der Waals surface area contributed by atoms with Crippen molar-refractivity contribution in [2.75, 3.05) is 0 Å². The third kappa shape index (κ3) is 5.11. The lowest BCUT2D eigenvalue weighted by Crippen LogP contribution is -2.33. The molecule has 0 saturated carbocycles. The molecule has 0 bridgehead atoms. The molecule has 56 heavy (non-hydrogen) atoms. The molecule has 0 spiro atoms. The van der Waals surface area contributed by atoms with Crippen molar-refractivity contribution in [1.29, 1.82) is 0 Å². The Morgan fingerprint density at radius 1 is 0.446 bits per heavy atom. The minimum absolute atomic E-state index is 0.0916. The molecule has 10 aromatic rings. The van der Waals surface area contributed by atoms with Gasteiger partial charge < -0.3 is 8.98 Å². The van der Waals surface area contributed by atoms with E-state index in [0.717, 1.165) is 49.7 Å². The van der Waals surface area contributed by atoms with E-state index in [2.05, 4.69) is 148 Å². The molecule has 270 valence electrons. The predicted molar refractivity (Wildman–Crippen MR) is 231 cm³/mol. The number of nitrogens with zero attached hydrogens (tertiary/aromatic N) is 4. The lowest BCUT2D eigenvalue weighted by atomic mass is 9.63. The largest absolute Gasteiger partial charge is 0.456 e. The third-order valence-corrected chi connectivity index (χ3v) is 12.3. The van der Waals surface area contributed by atoms with Crippen LogP contribution in [0.5, 0.6) is 0 Å². The summed E-state index contributed by atoms with van der Waals surface area (Å²) in [5.74, 6) is 1.87. The van der Waals surface area contributed by atoms with Crippen LogP contribution in [-0.4, -0.2) is 19.5 Å². The Kier molecular flexibility index (Phi) is 7.00. The number of fused-ring (bicyclic) bond motifs is 8. The molecule has 11 rings (SSSR count). The van der Waals surface area contributed by atoms with Gasteiger partial charge >= 0.3 is 0 Å². The third-order valence-electron chi connectivity index (χ3n) is 12.3. The summed E-state index contributed by atoms with van der Waals surface area (Å²) in [5, 5.41) is 6.98. The van der Waals surface area contributed by atoms with Gasteiger partial charge in [-0.2, -0.15) is 0 Å². The number of benzene rings is 7. The zero-order chi connectivity index (χ0) is 37.8. The first kappa shape index (κ1) is 32.8. The Hall–Kier alpha value is -6.59. The summed E-state index contributed by atoms with van der Waals surface area (Å²) in [4.78, 5) is 15.5. The van der Waals surface area contributed by atoms with Crippen LogP contribution in [0.3, 0.4) is 0 Å². The second kappa shape index (κ2) is 12.0. The average Bonchev–Trinajstić information content (AvgIpc) is 3.77. The summed E-state index contributed by atoms with van der Waals surface area (Å²) in [6.07, 6.45) is 2.35. The number of hydrogen-bond donors (Lipinski definition) is 0. The Labute approximate surface area is 325 Å². The van der Waals surface area contributed by atoms with Crippen LogP contribution in [0.15, 0.2) is 150 Å². The molecule has 0 amide bonds. The van der Waals surface area contributed by atoms with Crippen molar-refractivity contribution in [2.24, 2.45) is 0 Å². The van der Waals surface area contributed by atoms with Crippen molar-refractivity contribution in [1.82, 2.24) is 19.5 Å². The van der Waals surface area contributed by atoms with Crippen molar-refractivity contribution in [2.45, 2.75) is 51.4 Å².